The molecule has 4 aromatic carbocycles. The van der Waals surface area contributed by atoms with Crippen LogP contribution in [-0.2, 0) is 7.05 Å². The third-order valence-electron chi connectivity index (χ3n) is 5.38. The lowest BCUT2D eigenvalue weighted by Gasteiger charge is -2.05. The highest BCUT2D eigenvalue weighted by atomic mass is 16.3. The fourth-order valence-electron chi connectivity index (χ4n) is 4.33. The van der Waals surface area contributed by atoms with Gasteiger partial charge in [-0.25, -0.2) is 0 Å². The van der Waals surface area contributed by atoms with Crippen molar-refractivity contribution >= 4 is 54.5 Å². The first-order chi connectivity index (χ1) is 12.3. The van der Waals surface area contributed by atoms with E-state index in [1.807, 2.05) is 6.07 Å². The van der Waals surface area contributed by atoms with Crippen LogP contribution in [0.3, 0.4) is 0 Å². The molecular weight excluding hydrogens is 306 g/mol. The molecule has 6 aromatic rings. The Kier molecular flexibility index (Phi) is 2.31. The van der Waals surface area contributed by atoms with Gasteiger partial charge < -0.3 is 8.98 Å². The van der Waals surface area contributed by atoms with Gasteiger partial charge in [0.05, 0.1) is 5.52 Å². The summed E-state index contributed by atoms with van der Waals surface area (Å²) in [5.74, 6) is 0. The summed E-state index contributed by atoms with van der Waals surface area (Å²) >= 11 is 0. The molecule has 0 saturated carbocycles. The largest absolute Gasteiger partial charge is 0.455 e. The molecule has 0 saturated heterocycles. The lowest BCUT2D eigenvalue weighted by Crippen LogP contribution is -1.88. The van der Waals surface area contributed by atoms with Crippen molar-refractivity contribution in [2.75, 3.05) is 0 Å². The molecule has 0 unspecified atom stereocenters. The predicted octanol–water partition coefficient (Wildman–Crippen LogP) is 6.38. The van der Waals surface area contributed by atoms with E-state index in [9.17, 15) is 0 Å². The van der Waals surface area contributed by atoms with E-state index in [1.165, 1.54) is 43.4 Å². The fourth-order valence-corrected chi connectivity index (χ4v) is 4.33. The van der Waals surface area contributed by atoms with Crippen molar-refractivity contribution in [3.63, 3.8) is 0 Å². The van der Waals surface area contributed by atoms with Gasteiger partial charge in [0.1, 0.15) is 11.2 Å². The molecule has 2 aromatic heterocycles. The van der Waals surface area contributed by atoms with Gasteiger partial charge in [0, 0.05) is 44.9 Å². The highest BCUT2D eigenvalue weighted by Crippen LogP contribution is 2.44. The van der Waals surface area contributed by atoms with Gasteiger partial charge in [0.2, 0.25) is 0 Å². The summed E-state index contributed by atoms with van der Waals surface area (Å²) < 4.78 is 8.64. The van der Waals surface area contributed by atoms with E-state index in [0.29, 0.717) is 0 Å². The molecule has 0 aliphatic heterocycles. The van der Waals surface area contributed by atoms with E-state index in [0.717, 1.165) is 11.2 Å². The van der Waals surface area contributed by atoms with Gasteiger partial charge >= 0.3 is 0 Å². The molecule has 0 N–H and O–H groups in total. The number of para-hydroxylation sites is 2. The monoisotopic (exact) mass is 321 g/mol. The summed E-state index contributed by atoms with van der Waals surface area (Å²) in [5.41, 5.74) is 4.46. The Hall–Kier alpha value is -3.26. The van der Waals surface area contributed by atoms with E-state index in [1.54, 1.807) is 0 Å². The van der Waals surface area contributed by atoms with Crippen molar-refractivity contribution in [1.29, 1.82) is 0 Å². The second-order valence-corrected chi connectivity index (χ2v) is 6.65. The summed E-state index contributed by atoms with van der Waals surface area (Å²) in [4.78, 5) is 0. The van der Waals surface area contributed by atoms with Crippen molar-refractivity contribution in [1.82, 2.24) is 4.57 Å². The Balaban J connectivity index is 2.12. The zero-order chi connectivity index (χ0) is 16.5. The van der Waals surface area contributed by atoms with Gasteiger partial charge in [-0.05, 0) is 12.1 Å². The van der Waals surface area contributed by atoms with Crippen LogP contribution >= 0.6 is 0 Å². The molecule has 25 heavy (non-hydrogen) atoms. The molecule has 0 fully saturated rings. The van der Waals surface area contributed by atoms with Crippen LogP contribution in [0.5, 0.6) is 0 Å². The maximum Gasteiger partial charge on any atom is 0.144 e. The zero-order valence-electron chi connectivity index (χ0n) is 13.8. The highest BCUT2D eigenvalue weighted by Gasteiger charge is 2.20. The Morgan fingerprint density at radius 1 is 0.640 bits per heavy atom. The number of nitrogens with zero attached hydrogens (tertiary/aromatic N) is 1. The molecule has 118 valence electrons. The number of aryl methyl sites for hydroxylation is 1. The van der Waals surface area contributed by atoms with Crippen LogP contribution in [0.4, 0.5) is 0 Å². The van der Waals surface area contributed by atoms with E-state index in [-0.39, 0.29) is 0 Å². The van der Waals surface area contributed by atoms with Gasteiger partial charge in [-0.1, -0.05) is 60.7 Å². The minimum atomic E-state index is 0.947. The number of hydrogen-bond donors (Lipinski definition) is 0. The van der Waals surface area contributed by atoms with E-state index >= 15 is 0 Å². The SMILES string of the molecule is Cn1c2ccccc2c2c3c4ccccc4oc3c3ccccc3c21. The molecule has 2 nitrogen and oxygen atoms in total. The fraction of sp³-hybridized carbons (Fsp3) is 0.0435. The Morgan fingerprint density at radius 3 is 2.12 bits per heavy atom. The van der Waals surface area contributed by atoms with Crippen LogP contribution in [-0.4, -0.2) is 4.57 Å². The molecule has 0 amide bonds. The van der Waals surface area contributed by atoms with Gasteiger partial charge in [-0.15, -0.1) is 0 Å². The standard InChI is InChI=1S/C23H15NO/c1-24-18-12-6-4-10-16(18)20-21-17-11-5-7-13-19(17)25-23(21)15-9-3-2-8-14(15)22(20)24/h2-13H,1H3. The Labute approximate surface area is 143 Å². The second-order valence-electron chi connectivity index (χ2n) is 6.65. The first kappa shape index (κ1) is 13.1. The van der Waals surface area contributed by atoms with Crippen molar-refractivity contribution in [2.24, 2.45) is 7.05 Å². The molecule has 6 rings (SSSR count). The number of aromatic nitrogens is 1. The number of benzene rings is 4. The van der Waals surface area contributed by atoms with Gasteiger partial charge in [-0.3, -0.25) is 0 Å². The molecule has 0 bridgehead atoms. The Bertz CT molecular complexity index is 1450. The summed E-state index contributed by atoms with van der Waals surface area (Å²) in [6.45, 7) is 0. The average Bonchev–Trinajstić information content (AvgIpc) is 3.19. The van der Waals surface area contributed by atoms with Gasteiger partial charge in [-0.2, -0.15) is 0 Å². The quantitative estimate of drug-likeness (QED) is 0.317. The number of fused-ring (bicyclic) bond motifs is 10. The van der Waals surface area contributed by atoms with Crippen molar-refractivity contribution in [2.45, 2.75) is 0 Å². The third-order valence-corrected chi connectivity index (χ3v) is 5.38. The van der Waals surface area contributed by atoms with Crippen LogP contribution in [0, 0.1) is 0 Å². The molecule has 2 heteroatoms. The summed E-state index contributed by atoms with van der Waals surface area (Å²) in [7, 11) is 2.16. The lowest BCUT2D eigenvalue weighted by atomic mass is 9.99. The van der Waals surface area contributed by atoms with Crippen LogP contribution < -0.4 is 0 Å². The summed E-state index contributed by atoms with van der Waals surface area (Å²) in [5, 5.41) is 7.39. The minimum absolute atomic E-state index is 0.947. The first-order valence-corrected chi connectivity index (χ1v) is 8.53. The normalized spacial score (nSPS) is 12.2. The summed E-state index contributed by atoms with van der Waals surface area (Å²) in [6.07, 6.45) is 0. The van der Waals surface area contributed by atoms with Crippen molar-refractivity contribution < 1.29 is 4.42 Å². The third kappa shape index (κ3) is 1.50. The van der Waals surface area contributed by atoms with E-state index < -0.39 is 0 Å². The first-order valence-electron chi connectivity index (χ1n) is 8.53. The van der Waals surface area contributed by atoms with Gasteiger partial charge in [0.15, 0.2) is 0 Å². The smallest absolute Gasteiger partial charge is 0.144 e. The lowest BCUT2D eigenvalue weighted by molar-refractivity contribution is 0.673. The second kappa shape index (κ2) is 4.42. The predicted molar refractivity (Wildman–Crippen MR) is 105 cm³/mol. The van der Waals surface area contributed by atoms with E-state index in [2.05, 4.69) is 78.3 Å². The summed E-state index contributed by atoms with van der Waals surface area (Å²) in [6, 6.07) is 25.5. The molecule has 0 atom stereocenters. The van der Waals surface area contributed by atoms with Crippen molar-refractivity contribution in [3.05, 3.63) is 72.8 Å². The van der Waals surface area contributed by atoms with Crippen LogP contribution in [0.15, 0.2) is 77.2 Å². The molecule has 0 radical (unpaired) electrons. The van der Waals surface area contributed by atoms with Gasteiger partial charge in [0.25, 0.3) is 0 Å². The maximum atomic E-state index is 6.32. The zero-order valence-corrected chi connectivity index (χ0v) is 13.8. The highest BCUT2D eigenvalue weighted by molar-refractivity contribution is 6.35. The number of rotatable bonds is 0. The van der Waals surface area contributed by atoms with Crippen molar-refractivity contribution in [3.8, 4) is 0 Å². The van der Waals surface area contributed by atoms with Crippen LogP contribution in [0.2, 0.25) is 0 Å². The topological polar surface area (TPSA) is 18.1 Å². The molecular formula is C23H15NO. The Morgan fingerprint density at radius 2 is 1.28 bits per heavy atom. The minimum Gasteiger partial charge on any atom is -0.455 e. The van der Waals surface area contributed by atoms with Crippen LogP contribution in [0.1, 0.15) is 0 Å². The number of hydrogen-bond acceptors (Lipinski definition) is 1. The maximum absolute atomic E-state index is 6.32. The molecule has 0 aliphatic carbocycles. The average molecular weight is 321 g/mol. The molecule has 0 aliphatic rings. The molecule has 2 heterocycles. The molecule has 0 spiro atoms. The van der Waals surface area contributed by atoms with E-state index in [4.69, 9.17) is 4.42 Å². The number of furan rings is 1. The van der Waals surface area contributed by atoms with Crippen LogP contribution in [0.25, 0.3) is 54.5 Å².